The van der Waals surface area contributed by atoms with Gasteiger partial charge in [-0.05, 0) is 64.1 Å². The van der Waals surface area contributed by atoms with Crippen LogP contribution in [0, 0.1) is 11.8 Å². The number of hydrogen-bond donors (Lipinski definition) is 11. The topological polar surface area (TPSA) is 301 Å². The Hall–Kier alpha value is -2.00. The van der Waals surface area contributed by atoms with E-state index in [1.165, 1.54) is 6.92 Å². The van der Waals surface area contributed by atoms with E-state index in [1.807, 2.05) is 6.08 Å². The van der Waals surface area contributed by atoms with Gasteiger partial charge in [0.2, 0.25) is 6.29 Å². The van der Waals surface area contributed by atoms with Gasteiger partial charge in [-0.2, -0.15) is 0 Å². The summed E-state index contributed by atoms with van der Waals surface area (Å²) in [4.78, 5) is 17.3. The second kappa shape index (κ2) is 14.5. The third-order valence-electron chi connectivity index (χ3n) is 10.3. The Balaban J connectivity index is 1.34. The summed E-state index contributed by atoms with van der Waals surface area (Å²) in [6.45, 7) is 2.24. The van der Waals surface area contributed by atoms with Gasteiger partial charge >= 0.3 is 0 Å². The van der Waals surface area contributed by atoms with Gasteiger partial charge in [0, 0.05) is 24.9 Å². The van der Waals surface area contributed by atoms with Crippen LogP contribution in [0.4, 0.5) is 0 Å². The molecule has 0 amide bonds. The molecule has 268 valence electrons. The molecular weight excluding hydrogens is 616 g/mol. The van der Waals surface area contributed by atoms with Gasteiger partial charge in [-0.3, -0.25) is 4.79 Å². The van der Waals surface area contributed by atoms with Crippen molar-refractivity contribution in [2.75, 3.05) is 26.7 Å². The zero-order valence-electron chi connectivity index (χ0n) is 27.1. The average molecular weight is 671 g/mol. The molecule has 47 heavy (non-hydrogen) atoms. The molecule has 0 radical (unpaired) electrons. The molecule has 17 heteroatoms. The third kappa shape index (κ3) is 7.92. The Bertz CT molecular complexity index is 1170. The fraction of sp³-hybridized carbons (Fsp3) is 0.867. The smallest absolute Gasteiger partial charge is 0.215 e. The maximum atomic E-state index is 13.4. The normalized spacial score (nSPS) is 46.5. The number of nitrogens with one attached hydrogen (secondary N) is 2. The van der Waals surface area contributed by atoms with E-state index in [-0.39, 0.29) is 50.5 Å². The molecule has 5 rings (SSSR count). The molecule has 17 nitrogen and oxygen atoms in total. The second-order valence-corrected chi connectivity index (χ2v) is 14.2. The Morgan fingerprint density at radius 3 is 2.45 bits per heavy atom. The minimum Gasteiger partial charge on any atom is -0.467 e. The third-order valence-corrected chi connectivity index (χ3v) is 10.3. The fourth-order valence-corrected chi connectivity index (χ4v) is 7.42. The molecule has 3 saturated carbocycles. The van der Waals surface area contributed by atoms with Gasteiger partial charge in [-0.15, -0.1) is 0 Å². The zero-order chi connectivity index (χ0) is 34.3. The lowest BCUT2D eigenvalue weighted by atomic mass is 9.76. The molecule has 5 aliphatic rings. The van der Waals surface area contributed by atoms with Crippen LogP contribution in [0.2, 0.25) is 0 Å². The quantitative estimate of drug-likeness (QED) is 0.0650. The maximum absolute atomic E-state index is 13.4. The summed E-state index contributed by atoms with van der Waals surface area (Å²) < 4.78 is 24.5. The molecule has 3 unspecified atom stereocenters. The number of aliphatic imine (C=N–C) groups is 1. The van der Waals surface area contributed by atoms with Crippen LogP contribution >= 0.6 is 0 Å². The SMILES string of the molecule is CN[C@@H]1[C@@H](O)[C@@H](O[C@H]2[C@H](CC(=O)C3(O)CC3N=C(N)N)C[C@H](N)C(O[C@H]3OC(CN)=CC[C@H]3NCC3CC(N)C3)[C@@H]2O)OC[C@]1(C)O. The summed E-state index contributed by atoms with van der Waals surface area (Å²) in [5.41, 5.74) is 26.2. The second-order valence-electron chi connectivity index (χ2n) is 14.2. The number of rotatable bonds is 13. The monoisotopic (exact) mass is 670 g/mol. The van der Waals surface area contributed by atoms with E-state index < -0.39 is 78.0 Å². The lowest BCUT2D eigenvalue weighted by molar-refractivity contribution is -0.308. The highest BCUT2D eigenvalue weighted by Gasteiger charge is 2.60. The molecule has 0 aromatic rings. The van der Waals surface area contributed by atoms with Crippen molar-refractivity contribution in [1.82, 2.24) is 10.6 Å². The molecule has 1 saturated heterocycles. The minimum absolute atomic E-state index is 0.0584. The number of aliphatic hydroxyl groups is 4. The first-order valence-corrected chi connectivity index (χ1v) is 16.5. The first-order valence-electron chi connectivity index (χ1n) is 16.5. The lowest BCUT2D eigenvalue weighted by Crippen LogP contribution is -2.67. The number of likely N-dealkylation sites (N-methyl/N-ethyl adjacent to an activating group) is 1. The number of nitrogens with zero attached hydrogens (tertiary/aromatic N) is 1. The summed E-state index contributed by atoms with van der Waals surface area (Å²) >= 11 is 0. The van der Waals surface area contributed by atoms with Gasteiger partial charge in [-0.25, -0.2) is 4.99 Å². The number of carbonyl (C=O) groups excluding carboxylic acids is 1. The highest BCUT2D eigenvalue weighted by Crippen LogP contribution is 2.44. The van der Waals surface area contributed by atoms with Gasteiger partial charge in [0.05, 0.1) is 37.4 Å². The molecule has 16 N–H and O–H groups in total. The number of aliphatic hydroxyl groups excluding tert-OH is 2. The van der Waals surface area contributed by atoms with Gasteiger partial charge in [0.25, 0.3) is 0 Å². The number of Topliss-reactive ketones (excluding diaryl/α,β-unsaturated/α-hetero) is 1. The first-order chi connectivity index (χ1) is 22.2. The van der Waals surface area contributed by atoms with Crippen molar-refractivity contribution in [1.29, 1.82) is 0 Å². The van der Waals surface area contributed by atoms with Crippen LogP contribution in [-0.2, 0) is 23.7 Å². The van der Waals surface area contributed by atoms with Gasteiger partial charge < -0.3 is 78.7 Å². The van der Waals surface area contributed by atoms with Crippen LogP contribution in [0.25, 0.3) is 0 Å². The van der Waals surface area contributed by atoms with Crippen LogP contribution in [0.5, 0.6) is 0 Å². The van der Waals surface area contributed by atoms with Crippen molar-refractivity contribution in [3.63, 3.8) is 0 Å². The molecular formula is C30H54N8O9. The molecule has 0 aromatic heterocycles. The molecule has 0 bridgehead atoms. The zero-order valence-corrected chi connectivity index (χ0v) is 27.1. The van der Waals surface area contributed by atoms with Crippen LogP contribution in [-0.4, -0.2) is 137 Å². The number of ether oxygens (including phenoxy) is 4. The van der Waals surface area contributed by atoms with E-state index >= 15 is 0 Å². The van der Waals surface area contributed by atoms with Gasteiger partial charge in [0.15, 0.2) is 18.0 Å². The average Bonchev–Trinajstić information content (AvgIpc) is 3.65. The number of carbonyl (C=O) groups is 1. The molecule has 0 spiro atoms. The molecule has 2 aliphatic heterocycles. The molecule has 4 fully saturated rings. The fourth-order valence-electron chi connectivity index (χ4n) is 7.42. The Labute approximate surface area is 274 Å². The van der Waals surface area contributed by atoms with Crippen molar-refractivity contribution in [3.05, 3.63) is 11.8 Å². The van der Waals surface area contributed by atoms with Crippen LogP contribution in [0.15, 0.2) is 16.8 Å². The van der Waals surface area contributed by atoms with Gasteiger partial charge in [-0.1, -0.05) is 0 Å². The first kappa shape index (κ1) is 36.3. The van der Waals surface area contributed by atoms with Crippen molar-refractivity contribution < 1.29 is 44.2 Å². The summed E-state index contributed by atoms with van der Waals surface area (Å²) in [5, 5.41) is 51.1. The van der Waals surface area contributed by atoms with E-state index in [0.29, 0.717) is 18.1 Å². The standard InChI is InChI=1S/C30H54N8O9/c1-29(42)12-44-27(22(41)25(29)36-2)46-23-14(8-20(39)30(43)9-19(30)38-28(34)35)7-17(33)24(21(23)40)47-26-18(4-3-16(10-31)45-26)37-11-13-5-15(32)6-13/h3,13-15,17-19,21-27,36-37,40-43H,4-12,31-33H2,1-2H3,(H4,34,35,38)/t13?,14-,15?,17-,18+,19?,21+,22+,23-,24?,25+,26+,27+,29-,30?/m0/s1. The van der Waals surface area contributed by atoms with E-state index in [4.69, 9.17) is 47.6 Å². The highest BCUT2D eigenvalue weighted by atomic mass is 16.7. The Kier molecular flexibility index (Phi) is 11.2. The summed E-state index contributed by atoms with van der Waals surface area (Å²) in [6, 6.07) is -2.41. The molecule has 3 aliphatic carbocycles. The molecule has 13 atom stereocenters. The van der Waals surface area contributed by atoms with Crippen molar-refractivity contribution in [3.8, 4) is 0 Å². The molecule has 2 heterocycles. The Morgan fingerprint density at radius 2 is 1.81 bits per heavy atom. The van der Waals surface area contributed by atoms with E-state index in [1.54, 1.807) is 7.05 Å². The summed E-state index contributed by atoms with van der Waals surface area (Å²) in [5.74, 6) is -0.493. The summed E-state index contributed by atoms with van der Waals surface area (Å²) in [6.07, 6.45) is -2.69. The van der Waals surface area contributed by atoms with Crippen LogP contribution < -0.4 is 39.3 Å². The van der Waals surface area contributed by atoms with Crippen LogP contribution in [0.3, 0.4) is 0 Å². The summed E-state index contributed by atoms with van der Waals surface area (Å²) in [7, 11) is 1.59. The van der Waals surface area contributed by atoms with Crippen molar-refractivity contribution in [2.24, 2.45) is 45.5 Å². The van der Waals surface area contributed by atoms with Crippen molar-refractivity contribution >= 4 is 11.7 Å². The van der Waals surface area contributed by atoms with Gasteiger partial charge in [0.1, 0.15) is 35.3 Å². The number of nitrogens with two attached hydrogens (primary N) is 5. The maximum Gasteiger partial charge on any atom is 0.215 e. The predicted octanol–water partition coefficient (Wildman–Crippen LogP) is -4.46. The number of ketones is 1. The largest absolute Gasteiger partial charge is 0.467 e. The Morgan fingerprint density at radius 1 is 1.11 bits per heavy atom. The van der Waals surface area contributed by atoms with E-state index in [9.17, 15) is 25.2 Å². The van der Waals surface area contributed by atoms with Crippen molar-refractivity contribution in [2.45, 2.75) is 124 Å². The number of hydrogen-bond acceptors (Lipinski definition) is 15. The van der Waals surface area contributed by atoms with E-state index in [0.717, 1.165) is 19.4 Å². The van der Waals surface area contributed by atoms with E-state index in [2.05, 4.69) is 15.6 Å². The lowest BCUT2D eigenvalue weighted by Gasteiger charge is -2.49. The number of guanidine groups is 1. The molecule has 0 aromatic carbocycles. The minimum atomic E-state index is -1.75. The predicted molar refractivity (Wildman–Crippen MR) is 169 cm³/mol. The highest BCUT2D eigenvalue weighted by molar-refractivity contribution is 5.92. The van der Waals surface area contributed by atoms with Crippen LogP contribution in [0.1, 0.15) is 45.4 Å².